The number of carboxylic acid groups (broad SMARTS) is 1. The quantitative estimate of drug-likeness (QED) is 0.910. The minimum Gasteiger partial charge on any atom is -0.478 e. The number of carboxylic acids is 1. The zero-order chi connectivity index (χ0) is 11.5. The van der Waals surface area contributed by atoms with E-state index in [1.165, 1.54) is 23.1 Å². The largest absolute Gasteiger partial charge is 0.478 e. The van der Waals surface area contributed by atoms with Crippen LogP contribution in [0.3, 0.4) is 0 Å². The lowest BCUT2D eigenvalue weighted by atomic mass is 10.1. The fourth-order valence-corrected chi connectivity index (χ4v) is 2.85. The van der Waals surface area contributed by atoms with Crippen LogP contribution in [-0.2, 0) is 0 Å². The molecule has 0 atom stereocenters. The molecule has 0 spiro atoms. The van der Waals surface area contributed by atoms with Gasteiger partial charge in [-0.3, -0.25) is 0 Å². The molecule has 82 valence electrons. The zero-order valence-corrected chi connectivity index (χ0v) is 10.0. The van der Waals surface area contributed by atoms with Gasteiger partial charge in [-0.2, -0.15) is 0 Å². The molecular weight excluding hydrogens is 244 g/mol. The normalized spacial score (nSPS) is 10.3. The molecule has 0 aliphatic carbocycles. The summed E-state index contributed by atoms with van der Waals surface area (Å²) < 4.78 is 0.744. The fourth-order valence-electron chi connectivity index (χ4n) is 1.19. The van der Waals surface area contributed by atoms with Crippen LogP contribution in [0.5, 0.6) is 0 Å². The van der Waals surface area contributed by atoms with Gasteiger partial charge >= 0.3 is 5.97 Å². The summed E-state index contributed by atoms with van der Waals surface area (Å²) in [4.78, 5) is 11.7. The summed E-state index contributed by atoms with van der Waals surface area (Å²) in [6.45, 7) is 1.93. The van der Waals surface area contributed by atoms with Crippen LogP contribution in [0.2, 0.25) is 0 Å². The smallest absolute Gasteiger partial charge is 0.336 e. The lowest BCUT2D eigenvalue weighted by Crippen LogP contribution is -1.98. The second kappa shape index (κ2) is 4.63. The molecule has 0 aliphatic heterocycles. The SMILES string of the molecule is Cc1ccc(C(=O)O)c(Sc2nncs2)c1. The van der Waals surface area contributed by atoms with Gasteiger partial charge < -0.3 is 5.11 Å². The van der Waals surface area contributed by atoms with Crippen molar-refractivity contribution in [1.82, 2.24) is 10.2 Å². The summed E-state index contributed by atoms with van der Waals surface area (Å²) in [5.74, 6) is -0.924. The van der Waals surface area contributed by atoms with Gasteiger partial charge in [0.2, 0.25) is 0 Å². The Morgan fingerprint density at radius 2 is 2.31 bits per heavy atom. The first-order valence-corrected chi connectivity index (χ1v) is 6.14. The van der Waals surface area contributed by atoms with Crippen molar-refractivity contribution in [2.45, 2.75) is 16.2 Å². The molecular formula is C10H8N2O2S2. The molecule has 1 heterocycles. The van der Waals surface area contributed by atoms with E-state index in [0.717, 1.165) is 9.90 Å². The number of rotatable bonds is 3. The molecule has 2 aromatic rings. The number of aryl methyl sites for hydroxylation is 1. The molecule has 4 nitrogen and oxygen atoms in total. The molecule has 0 radical (unpaired) electrons. The Bertz CT molecular complexity index is 512. The molecule has 0 saturated heterocycles. The van der Waals surface area contributed by atoms with E-state index in [1.54, 1.807) is 17.6 Å². The van der Waals surface area contributed by atoms with E-state index in [1.807, 2.05) is 13.0 Å². The monoisotopic (exact) mass is 252 g/mol. The maximum absolute atomic E-state index is 11.0. The Balaban J connectivity index is 2.38. The number of carbonyl (C=O) groups is 1. The van der Waals surface area contributed by atoms with Crippen LogP contribution in [0, 0.1) is 6.92 Å². The fraction of sp³-hybridized carbons (Fsp3) is 0.100. The summed E-state index contributed by atoms with van der Waals surface area (Å²) in [7, 11) is 0. The van der Waals surface area contributed by atoms with Gasteiger partial charge in [-0.05, 0) is 24.6 Å². The van der Waals surface area contributed by atoms with Gasteiger partial charge in [0.1, 0.15) is 5.51 Å². The lowest BCUT2D eigenvalue weighted by Gasteiger charge is -2.04. The molecule has 16 heavy (non-hydrogen) atoms. The minimum absolute atomic E-state index is 0.297. The Labute approximate surface area is 100 Å². The third-order valence-electron chi connectivity index (χ3n) is 1.90. The first-order valence-electron chi connectivity index (χ1n) is 4.45. The molecule has 2 rings (SSSR count). The molecule has 6 heteroatoms. The van der Waals surface area contributed by atoms with E-state index < -0.39 is 5.97 Å². The molecule has 0 bridgehead atoms. The van der Waals surface area contributed by atoms with Crippen molar-refractivity contribution >= 4 is 29.1 Å². The topological polar surface area (TPSA) is 63.1 Å². The van der Waals surface area contributed by atoms with Crippen LogP contribution in [0.25, 0.3) is 0 Å². The van der Waals surface area contributed by atoms with Crippen LogP contribution in [0.4, 0.5) is 0 Å². The van der Waals surface area contributed by atoms with Crippen molar-refractivity contribution in [2.24, 2.45) is 0 Å². The highest BCUT2D eigenvalue weighted by Crippen LogP contribution is 2.31. The van der Waals surface area contributed by atoms with Gasteiger partial charge in [-0.1, -0.05) is 29.2 Å². The van der Waals surface area contributed by atoms with Crippen LogP contribution in [-0.4, -0.2) is 21.3 Å². The van der Waals surface area contributed by atoms with Crippen molar-refractivity contribution in [2.75, 3.05) is 0 Å². The van der Waals surface area contributed by atoms with E-state index >= 15 is 0 Å². The molecule has 0 fully saturated rings. The average molecular weight is 252 g/mol. The summed E-state index contributed by atoms with van der Waals surface area (Å²) in [6.07, 6.45) is 0. The van der Waals surface area contributed by atoms with Crippen molar-refractivity contribution in [1.29, 1.82) is 0 Å². The van der Waals surface area contributed by atoms with Crippen LogP contribution in [0.15, 0.2) is 32.9 Å². The molecule has 0 aliphatic rings. The Hall–Kier alpha value is -1.40. The number of aromatic carboxylic acids is 1. The molecule has 1 aromatic heterocycles. The van der Waals surface area contributed by atoms with E-state index in [2.05, 4.69) is 10.2 Å². The zero-order valence-electron chi connectivity index (χ0n) is 8.38. The van der Waals surface area contributed by atoms with E-state index in [0.29, 0.717) is 10.5 Å². The Kier molecular flexibility index (Phi) is 3.21. The second-order valence-electron chi connectivity index (χ2n) is 3.11. The number of hydrogen-bond acceptors (Lipinski definition) is 5. The van der Waals surface area contributed by atoms with Gasteiger partial charge in [0.25, 0.3) is 0 Å². The lowest BCUT2D eigenvalue weighted by molar-refractivity contribution is 0.0693. The third-order valence-corrected chi connectivity index (χ3v) is 3.74. The minimum atomic E-state index is -0.924. The van der Waals surface area contributed by atoms with Crippen molar-refractivity contribution in [3.8, 4) is 0 Å². The van der Waals surface area contributed by atoms with Crippen LogP contribution < -0.4 is 0 Å². The summed E-state index contributed by atoms with van der Waals surface area (Å²) in [6, 6.07) is 5.24. The van der Waals surface area contributed by atoms with Gasteiger partial charge in [0, 0.05) is 4.90 Å². The Morgan fingerprint density at radius 1 is 1.50 bits per heavy atom. The number of hydrogen-bond donors (Lipinski definition) is 1. The predicted octanol–water partition coefficient (Wildman–Crippen LogP) is 2.70. The maximum atomic E-state index is 11.0. The highest BCUT2D eigenvalue weighted by atomic mass is 32.2. The van der Waals surface area contributed by atoms with Crippen molar-refractivity contribution < 1.29 is 9.90 Å². The molecule has 0 saturated carbocycles. The first kappa shape index (κ1) is 11.1. The van der Waals surface area contributed by atoms with Gasteiger partial charge in [0.15, 0.2) is 4.34 Å². The molecule has 0 amide bonds. The summed E-state index contributed by atoms with van der Waals surface area (Å²) in [5, 5.41) is 16.6. The van der Waals surface area contributed by atoms with E-state index in [9.17, 15) is 4.79 Å². The number of nitrogens with zero attached hydrogens (tertiary/aromatic N) is 2. The van der Waals surface area contributed by atoms with E-state index in [-0.39, 0.29) is 0 Å². The molecule has 0 unspecified atom stereocenters. The van der Waals surface area contributed by atoms with Crippen LogP contribution >= 0.6 is 23.1 Å². The molecule has 1 N–H and O–H groups in total. The standard InChI is InChI=1S/C10H8N2O2S2/c1-6-2-3-7(9(13)14)8(4-6)16-10-12-11-5-15-10/h2-5H,1H3,(H,13,14). The number of benzene rings is 1. The Morgan fingerprint density at radius 3 is 2.94 bits per heavy atom. The third kappa shape index (κ3) is 2.40. The van der Waals surface area contributed by atoms with Crippen molar-refractivity contribution in [3.63, 3.8) is 0 Å². The van der Waals surface area contributed by atoms with Gasteiger partial charge in [0.05, 0.1) is 5.56 Å². The average Bonchev–Trinajstić information content (AvgIpc) is 2.70. The second-order valence-corrected chi connectivity index (χ2v) is 5.23. The highest BCUT2D eigenvalue weighted by Gasteiger charge is 2.12. The first-order chi connectivity index (χ1) is 7.66. The van der Waals surface area contributed by atoms with Crippen LogP contribution in [0.1, 0.15) is 15.9 Å². The highest BCUT2D eigenvalue weighted by molar-refractivity contribution is 8.01. The summed E-state index contributed by atoms with van der Waals surface area (Å²) in [5.41, 5.74) is 2.95. The van der Waals surface area contributed by atoms with Crippen molar-refractivity contribution in [3.05, 3.63) is 34.8 Å². The summed E-state index contributed by atoms with van der Waals surface area (Å²) >= 11 is 2.72. The van der Waals surface area contributed by atoms with E-state index in [4.69, 9.17) is 5.11 Å². The predicted molar refractivity (Wildman–Crippen MR) is 62.2 cm³/mol. The maximum Gasteiger partial charge on any atom is 0.336 e. The van der Waals surface area contributed by atoms with Gasteiger partial charge in [-0.15, -0.1) is 10.2 Å². The molecule has 1 aromatic carbocycles. The number of aromatic nitrogens is 2. The van der Waals surface area contributed by atoms with Gasteiger partial charge in [-0.25, -0.2) is 4.79 Å².